The van der Waals surface area contributed by atoms with E-state index >= 15 is 0 Å². The quantitative estimate of drug-likeness (QED) is 0.242. The molecule has 9 nitrogen and oxygen atoms in total. The van der Waals surface area contributed by atoms with E-state index in [0.29, 0.717) is 44.9 Å². The Kier molecular flexibility index (Phi) is 8.27. The summed E-state index contributed by atoms with van der Waals surface area (Å²) in [5.41, 5.74) is 1.25. The molecular weight excluding hydrogens is 593 g/mol. The SMILES string of the molecule is Cc1ccc(NC(=O)c2cc(CN3CCN(C)CC3)cc(C(F)(F)F)c2)cc1Oc1ccc2nc(NC(=O)C3CC3)sc2n1. The number of aromatic nitrogens is 2. The number of rotatable bonds is 8. The largest absolute Gasteiger partial charge is 0.439 e. The topological polar surface area (TPSA) is 99.7 Å². The van der Waals surface area contributed by atoms with E-state index in [1.807, 2.05) is 14.0 Å². The first kappa shape index (κ1) is 30.0. The molecule has 2 amide bonds. The van der Waals surface area contributed by atoms with Gasteiger partial charge in [-0.05, 0) is 68.3 Å². The Morgan fingerprint density at radius 2 is 1.77 bits per heavy atom. The number of alkyl halides is 3. The van der Waals surface area contributed by atoms with E-state index in [1.54, 1.807) is 30.3 Å². The van der Waals surface area contributed by atoms with Gasteiger partial charge >= 0.3 is 6.18 Å². The molecule has 0 unspecified atom stereocenters. The van der Waals surface area contributed by atoms with E-state index in [-0.39, 0.29) is 17.4 Å². The molecule has 1 saturated carbocycles. The Labute approximate surface area is 256 Å². The van der Waals surface area contributed by atoms with Gasteiger partial charge in [-0.3, -0.25) is 14.5 Å². The van der Waals surface area contributed by atoms with Crippen LogP contribution in [0.15, 0.2) is 48.5 Å². The third kappa shape index (κ3) is 7.17. The highest BCUT2D eigenvalue weighted by atomic mass is 32.1. The van der Waals surface area contributed by atoms with Crippen molar-refractivity contribution in [2.45, 2.75) is 32.5 Å². The molecule has 44 heavy (non-hydrogen) atoms. The number of fused-ring (bicyclic) bond motifs is 1. The fourth-order valence-corrected chi connectivity index (χ4v) is 5.74. The van der Waals surface area contributed by atoms with Gasteiger partial charge in [0.2, 0.25) is 11.8 Å². The van der Waals surface area contributed by atoms with E-state index in [4.69, 9.17) is 4.74 Å². The van der Waals surface area contributed by atoms with Crippen molar-refractivity contribution < 1.29 is 27.5 Å². The predicted molar refractivity (Wildman–Crippen MR) is 162 cm³/mol. The number of hydrogen-bond acceptors (Lipinski definition) is 8. The molecule has 3 heterocycles. The highest BCUT2D eigenvalue weighted by Crippen LogP contribution is 2.34. The van der Waals surface area contributed by atoms with E-state index < -0.39 is 17.6 Å². The maximum atomic E-state index is 13.8. The minimum Gasteiger partial charge on any atom is -0.439 e. The molecule has 6 rings (SSSR count). The van der Waals surface area contributed by atoms with Crippen LogP contribution in [0.1, 0.15) is 39.9 Å². The Morgan fingerprint density at radius 1 is 1.00 bits per heavy atom. The van der Waals surface area contributed by atoms with Gasteiger partial charge in [0.05, 0.1) is 5.56 Å². The Balaban J connectivity index is 1.18. The molecule has 1 saturated heterocycles. The van der Waals surface area contributed by atoms with Crippen LogP contribution in [0.3, 0.4) is 0 Å². The van der Waals surface area contributed by atoms with Crippen LogP contribution in [0.5, 0.6) is 11.6 Å². The zero-order valence-electron chi connectivity index (χ0n) is 24.2. The standard InChI is InChI=1S/C31H31F3N6O3S/c1-18-3-6-23(16-25(18)43-26-8-7-24-29(37-26)44-30(36-24)38-27(41)20-4-5-20)35-28(42)21-13-19(14-22(15-21)31(32,33)34)17-40-11-9-39(2)10-12-40/h3,6-8,13-16,20H,4-5,9-12,17H2,1-2H3,(H,35,42)(H,36,38,41). The molecule has 0 spiro atoms. The Bertz CT molecular complexity index is 1710. The summed E-state index contributed by atoms with van der Waals surface area (Å²) < 4.78 is 47.3. The third-order valence-corrected chi connectivity index (χ3v) is 8.53. The number of carbonyl (C=O) groups is 2. The first-order chi connectivity index (χ1) is 21.0. The molecular formula is C31H31F3N6O3S. The number of hydrogen-bond donors (Lipinski definition) is 2. The van der Waals surface area contributed by atoms with E-state index in [1.165, 1.54) is 17.4 Å². The zero-order valence-corrected chi connectivity index (χ0v) is 25.0. The van der Waals surface area contributed by atoms with Gasteiger partial charge < -0.3 is 20.3 Å². The number of benzene rings is 2. The van der Waals surface area contributed by atoms with Crippen LogP contribution in [-0.2, 0) is 17.5 Å². The van der Waals surface area contributed by atoms with Crippen molar-refractivity contribution in [1.82, 2.24) is 19.8 Å². The lowest BCUT2D eigenvalue weighted by atomic mass is 10.0. The van der Waals surface area contributed by atoms with Crippen molar-refractivity contribution in [3.63, 3.8) is 0 Å². The first-order valence-electron chi connectivity index (χ1n) is 14.3. The fourth-order valence-electron chi connectivity index (χ4n) is 4.91. The average Bonchev–Trinajstić information content (AvgIpc) is 3.76. The summed E-state index contributed by atoms with van der Waals surface area (Å²) in [5, 5.41) is 6.02. The maximum absolute atomic E-state index is 13.8. The number of nitrogens with zero attached hydrogens (tertiary/aromatic N) is 4. The van der Waals surface area contributed by atoms with Crippen LogP contribution >= 0.6 is 11.3 Å². The lowest BCUT2D eigenvalue weighted by molar-refractivity contribution is -0.137. The Hall–Kier alpha value is -4.07. The lowest BCUT2D eigenvalue weighted by Crippen LogP contribution is -2.43. The molecule has 2 N–H and O–H groups in total. The van der Waals surface area contributed by atoms with Gasteiger partial charge in [-0.15, -0.1) is 0 Å². The van der Waals surface area contributed by atoms with Crippen LogP contribution in [0.4, 0.5) is 24.0 Å². The number of thiazole rings is 1. The highest BCUT2D eigenvalue weighted by Gasteiger charge is 2.32. The molecule has 2 fully saturated rings. The minimum absolute atomic E-state index is 0.0357. The van der Waals surface area contributed by atoms with E-state index in [9.17, 15) is 22.8 Å². The molecule has 4 aromatic rings. The van der Waals surface area contributed by atoms with Crippen molar-refractivity contribution >= 4 is 44.3 Å². The average molecular weight is 625 g/mol. The predicted octanol–water partition coefficient (Wildman–Crippen LogP) is 6.16. The van der Waals surface area contributed by atoms with Gasteiger partial charge in [0.15, 0.2) is 5.13 Å². The van der Waals surface area contributed by atoms with E-state index in [0.717, 1.165) is 56.7 Å². The van der Waals surface area contributed by atoms with Gasteiger partial charge in [0.25, 0.3) is 5.91 Å². The second-order valence-corrected chi connectivity index (χ2v) is 12.3. The molecule has 2 aromatic carbocycles. The first-order valence-corrected chi connectivity index (χ1v) is 15.1. The minimum atomic E-state index is -4.59. The fraction of sp³-hybridized carbons (Fsp3) is 0.355. The lowest BCUT2D eigenvalue weighted by Gasteiger charge is -2.32. The number of aryl methyl sites for hydroxylation is 1. The van der Waals surface area contributed by atoms with Gasteiger partial charge in [-0.1, -0.05) is 17.4 Å². The van der Waals surface area contributed by atoms with Gasteiger partial charge in [0, 0.05) is 62.0 Å². The van der Waals surface area contributed by atoms with Crippen molar-refractivity contribution in [3.8, 4) is 11.6 Å². The molecule has 230 valence electrons. The highest BCUT2D eigenvalue weighted by molar-refractivity contribution is 7.21. The monoisotopic (exact) mass is 624 g/mol. The van der Waals surface area contributed by atoms with Crippen molar-refractivity contribution in [2.24, 2.45) is 5.92 Å². The summed E-state index contributed by atoms with van der Waals surface area (Å²) in [6.07, 6.45) is -2.80. The van der Waals surface area contributed by atoms with Crippen LogP contribution in [0.25, 0.3) is 10.3 Å². The van der Waals surface area contributed by atoms with Crippen molar-refractivity contribution in [1.29, 1.82) is 0 Å². The Morgan fingerprint density at radius 3 is 2.50 bits per heavy atom. The van der Waals surface area contributed by atoms with Crippen molar-refractivity contribution in [2.75, 3.05) is 43.9 Å². The summed E-state index contributed by atoms with van der Waals surface area (Å²) >= 11 is 1.25. The summed E-state index contributed by atoms with van der Waals surface area (Å²) in [5.74, 6) is 0.0738. The van der Waals surface area contributed by atoms with Gasteiger partial charge in [-0.25, -0.2) is 9.97 Å². The van der Waals surface area contributed by atoms with Crippen LogP contribution < -0.4 is 15.4 Å². The number of nitrogens with one attached hydrogen (secondary N) is 2. The molecule has 1 aliphatic heterocycles. The van der Waals surface area contributed by atoms with Gasteiger partial charge in [-0.2, -0.15) is 13.2 Å². The molecule has 0 atom stereocenters. The van der Waals surface area contributed by atoms with Gasteiger partial charge in [0.1, 0.15) is 16.1 Å². The maximum Gasteiger partial charge on any atom is 0.416 e. The number of anilines is 2. The van der Waals surface area contributed by atoms with Crippen LogP contribution in [-0.4, -0.2) is 64.8 Å². The number of ether oxygens (including phenoxy) is 1. The number of carbonyl (C=O) groups excluding carboxylic acids is 2. The molecule has 2 aliphatic rings. The smallest absolute Gasteiger partial charge is 0.416 e. The van der Waals surface area contributed by atoms with Crippen LogP contribution in [0.2, 0.25) is 0 Å². The normalized spacial score (nSPS) is 16.2. The third-order valence-electron chi connectivity index (χ3n) is 7.65. The molecule has 13 heteroatoms. The molecule has 2 aromatic heterocycles. The van der Waals surface area contributed by atoms with Crippen LogP contribution in [0, 0.1) is 12.8 Å². The number of amides is 2. The summed E-state index contributed by atoms with van der Waals surface area (Å²) in [7, 11) is 2.01. The zero-order chi connectivity index (χ0) is 31.0. The molecule has 0 radical (unpaired) electrons. The second kappa shape index (κ2) is 12.1. The second-order valence-electron chi connectivity index (χ2n) is 11.3. The molecule has 0 bridgehead atoms. The number of pyridine rings is 1. The summed E-state index contributed by atoms with van der Waals surface area (Å²) in [6, 6.07) is 11.9. The van der Waals surface area contributed by atoms with E-state index in [2.05, 4.69) is 30.4 Å². The van der Waals surface area contributed by atoms with Crippen molar-refractivity contribution in [3.05, 3.63) is 70.8 Å². The molecule has 1 aliphatic carbocycles. The summed E-state index contributed by atoms with van der Waals surface area (Å²) in [4.78, 5) is 39.1. The number of piperazine rings is 1. The number of likely N-dealkylation sites (N-methyl/N-ethyl adjacent to an activating group) is 1. The number of halogens is 3. The summed E-state index contributed by atoms with van der Waals surface area (Å²) in [6.45, 7) is 5.29.